The van der Waals surface area contributed by atoms with Gasteiger partial charge < -0.3 is 5.11 Å². The topological polar surface area (TPSA) is 75.3 Å². The highest BCUT2D eigenvalue weighted by Crippen LogP contribution is 2.20. The average Bonchev–Trinajstić information content (AvgIpc) is 2.30. The van der Waals surface area contributed by atoms with E-state index in [1.54, 1.807) is 0 Å². The van der Waals surface area contributed by atoms with Crippen molar-refractivity contribution in [1.29, 1.82) is 0 Å². The summed E-state index contributed by atoms with van der Waals surface area (Å²) in [4.78, 5) is 10.5. The second-order valence-electron chi connectivity index (χ2n) is 4.74. The summed E-state index contributed by atoms with van der Waals surface area (Å²) >= 11 is 0. The summed E-state index contributed by atoms with van der Waals surface area (Å²) < 4.78 is 0. The standard InChI is InChI=1S/C13H28N2O2.ClH/c1-2-3-4-5-7-12(10-11-15-14)8-6-9-13(16)17;/h12,15H,2-11,14H2,1H3,(H,16,17);1H. The Morgan fingerprint density at radius 1 is 1.17 bits per heavy atom. The molecule has 0 aromatic carbocycles. The van der Waals surface area contributed by atoms with Crippen molar-refractivity contribution in [3.63, 3.8) is 0 Å². The summed E-state index contributed by atoms with van der Waals surface area (Å²) in [5.74, 6) is 5.22. The molecule has 0 spiro atoms. The summed E-state index contributed by atoms with van der Waals surface area (Å²) in [6.07, 6.45) is 9.48. The Bertz CT molecular complexity index is 192. The minimum atomic E-state index is -0.688. The average molecular weight is 281 g/mol. The fourth-order valence-corrected chi connectivity index (χ4v) is 2.12. The van der Waals surface area contributed by atoms with E-state index in [0.29, 0.717) is 12.3 Å². The van der Waals surface area contributed by atoms with E-state index in [0.717, 1.165) is 25.8 Å². The van der Waals surface area contributed by atoms with Crippen LogP contribution in [0.15, 0.2) is 0 Å². The normalized spacial score (nSPS) is 11.9. The maximum Gasteiger partial charge on any atom is 0.303 e. The summed E-state index contributed by atoms with van der Waals surface area (Å²) in [6, 6.07) is 0. The van der Waals surface area contributed by atoms with Gasteiger partial charge in [-0.3, -0.25) is 16.1 Å². The van der Waals surface area contributed by atoms with E-state index >= 15 is 0 Å². The molecule has 0 saturated heterocycles. The molecule has 110 valence electrons. The highest BCUT2D eigenvalue weighted by molar-refractivity contribution is 5.85. The molecule has 0 radical (unpaired) electrons. The van der Waals surface area contributed by atoms with Crippen molar-refractivity contribution in [2.24, 2.45) is 11.8 Å². The summed E-state index contributed by atoms with van der Waals surface area (Å²) in [5, 5.41) is 8.62. The van der Waals surface area contributed by atoms with Gasteiger partial charge in [0.2, 0.25) is 0 Å². The number of carbonyl (C=O) groups is 1. The molecular formula is C13H29ClN2O2. The zero-order chi connectivity index (χ0) is 12.9. The summed E-state index contributed by atoms with van der Waals surface area (Å²) in [7, 11) is 0. The molecule has 0 rings (SSSR count). The van der Waals surface area contributed by atoms with Crippen LogP contribution >= 0.6 is 12.4 Å². The van der Waals surface area contributed by atoms with Gasteiger partial charge in [0.1, 0.15) is 0 Å². The monoisotopic (exact) mass is 280 g/mol. The van der Waals surface area contributed by atoms with Crippen LogP contribution in [0.25, 0.3) is 0 Å². The SMILES string of the molecule is CCCCCCC(CCCC(=O)O)CCNN.Cl. The van der Waals surface area contributed by atoms with Crippen LogP contribution in [-0.4, -0.2) is 17.6 Å². The van der Waals surface area contributed by atoms with Crippen LogP contribution < -0.4 is 11.3 Å². The summed E-state index contributed by atoms with van der Waals surface area (Å²) in [6.45, 7) is 3.04. The number of hydrogen-bond acceptors (Lipinski definition) is 3. The van der Waals surface area contributed by atoms with E-state index in [2.05, 4.69) is 12.3 Å². The number of halogens is 1. The first-order valence-electron chi connectivity index (χ1n) is 6.86. The minimum absolute atomic E-state index is 0. The largest absolute Gasteiger partial charge is 0.481 e. The molecule has 4 N–H and O–H groups in total. The third kappa shape index (κ3) is 13.7. The van der Waals surface area contributed by atoms with Gasteiger partial charge in [-0.2, -0.15) is 0 Å². The fourth-order valence-electron chi connectivity index (χ4n) is 2.12. The zero-order valence-corrected chi connectivity index (χ0v) is 12.3. The van der Waals surface area contributed by atoms with Gasteiger partial charge in [0.15, 0.2) is 0 Å². The molecule has 0 fully saturated rings. The maximum atomic E-state index is 10.5. The molecule has 4 nitrogen and oxygen atoms in total. The van der Waals surface area contributed by atoms with Crippen LogP contribution in [-0.2, 0) is 4.79 Å². The van der Waals surface area contributed by atoms with Crippen LogP contribution in [0.1, 0.15) is 64.7 Å². The first kappa shape index (κ1) is 20.0. The molecule has 0 aromatic rings. The number of hydrazine groups is 1. The van der Waals surface area contributed by atoms with Crippen molar-refractivity contribution in [1.82, 2.24) is 5.43 Å². The molecule has 0 bridgehead atoms. The van der Waals surface area contributed by atoms with Gasteiger partial charge in [-0.25, -0.2) is 0 Å². The Morgan fingerprint density at radius 2 is 1.83 bits per heavy atom. The number of nitrogens with one attached hydrogen (secondary N) is 1. The third-order valence-corrected chi connectivity index (χ3v) is 3.17. The van der Waals surface area contributed by atoms with Gasteiger partial charge in [-0.1, -0.05) is 39.0 Å². The van der Waals surface area contributed by atoms with Crippen molar-refractivity contribution in [3.8, 4) is 0 Å². The predicted octanol–water partition coefficient (Wildman–Crippen LogP) is 3.10. The van der Waals surface area contributed by atoms with Crippen LogP contribution in [0, 0.1) is 5.92 Å². The molecule has 0 aliphatic heterocycles. The number of carboxylic acids is 1. The van der Waals surface area contributed by atoms with E-state index in [4.69, 9.17) is 10.9 Å². The third-order valence-electron chi connectivity index (χ3n) is 3.17. The lowest BCUT2D eigenvalue weighted by molar-refractivity contribution is -0.137. The molecule has 1 atom stereocenters. The first-order valence-corrected chi connectivity index (χ1v) is 6.86. The molecular weight excluding hydrogens is 252 g/mol. The molecule has 18 heavy (non-hydrogen) atoms. The Labute approximate surface area is 117 Å². The van der Waals surface area contributed by atoms with Crippen molar-refractivity contribution >= 4 is 18.4 Å². The Kier molecular flexibility index (Phi) is 16.4. The van der Waals surface area contributed by atoms with Crippen LogP contribution in [0.2, 0.25) is 0 Å². The van der Waals surface area contributed by atoms with E-state index in [9.17, 15) is 4.79 Å². The van der Waals surface area contributed by atoms with Crippen molar-refractivity contribution < 1.29 is 9.90 Å². The van der Waals surface area contributed by atoms with E-state index in [1.165, 1.54) is 32.1 Å². The van der Waals surface area contributed by atoms with Crippen molar-refractivity contribution in [2.45, 2.75) is 64.7 Å². The number of nitrogens with two attached hydrogens (primary N) is 1. The van der Waals surface area contributed by atoms with E-state index in [1.807, 2.05) is 0 Å². The Morgan fingerprint density at radius 3 is 2.39 bits per heavy atom. The van der Waals surface area contributed by atoms with Gasteiger partial charge in [-0.05, 0) is 25.2 Å². The highest BCUT2D eigenvalue weighted by Gasteiger charge is 2.09. The van der Waals surface area contributed by atoms with Gasteiger partial charge in [0, 0.05) is 13.0 Å². The van der Waals surface area contributed by atoms with Crippen LogP contribution in [0.4, 0.5) is 0 Å². The second kappa shape index (κ2) is 14.7. The Balaban J connectivity index is 0. The zero-order valence-electron chi connectivity index (χ0n) is 11.5. The molecule has 0 aromatic heterocycles. The van der Waals surface area contributed by atoms with Gasteiger partial charge >= 0.3 is 5.97 Å². The first-order chi connectivity index (χ1) is 8.20. The Hall–Kier alpha value is -0.320. The molecule has 1 unspecified atom stereocenters. The maximum absolute atomic E-state index is 10.5. The lowest BCUT2D eigenvalue weighted by Gasteiger charge is -2.16. The van der Waals surface area contributed by atoms with Crippen LogP contribution in [0.5, 0.6) is 0 Å². The number of hydrogen-bond donors (Lipinski definition) is 3. The molecule has 5 heteroatoms. The molecule has 0 aliphatic carbocycles. The molecule has 0 aliphatic rings. The van der Waals surface area contributed by atoms with E-state index < -0.39 is 5.97 Å². The molecule has 0 heterocycles. The van der Waals surface area contributed by atoms with Gasteiger partial charge in [-0.15, -0.1) is 12.4 Å². The predicted molar refractivity (Wildman–Crippen MR) is 77.8 cm³/mol. The molecule has 0 saturated carbocycles. The molecule has 0 amide bonds. The van der Waals surface area contributed by atoms with E-state index in [-0.39, 0.29) is 12.4 Å². The number of carboxylic acid groups (broad SMARTS) is 1. The van der Waals surface area contributed by atoms with Crippen molar-refractivity contribution in [2.75, 3.05) is 6.54 Å². The lowest BCUT2D eigenvalue weighted by atomic mass is 9.92. The summed E-state index contributed by atoms with van der Waals surface area (Å²) in [5.41, 5.74) is 2.68. The number of aliphatic carboxylic acids is 1. The fraction of sp³-hybridized carbons (Fsp3) is 0.923. The van der Waals surface area contributed by atoms with Crippen molar-refractivity contribution in [3.05, 3.63) is 0 Å². The number of rotatable bonds is 12. The second-order valence-corrected chi connectivity index (χ2v) is 4.74. The van der Waals surface area contributed by atoms with Gasteiger partial charge in [0.25, 0.3) is 0 Å². The highest BCUT2D eigenvalue weighted by atomic mass is 35.5. The number of unbranched alkanes of at least 4 members (excludes halogenated alkanes) is 3. The van der Waals surface area contributed by atoms with Crippen LogP contribution in [0.3, 0.4) is 0 Å². The lowest BCUT2D eigenvalue weighted by Crippen LogP contribution is -2.25. The quantitative estimate of drug-likeness (QED) is 0.292. The minimum Gasteiger partial charge on any atom is -0.481 e. The smallest absolute Gasteiger partial charge is 0.303 e. The van der Waals surface area contributed by atoms with Gasteiger partial charge in [0.05, 0.1) is 0 Å².